The highest BCUT2D eigenvalue weighted by atomic mass is 35.5. The molecule has 1 saturated heterocycles. The molecule has 0 radical (unpaired) electrons. The summed E-state index contributed by atoms with van der Waals surface area (Å²) in [6.07, 6.45) is 0.328. The van der Waals surface area contributed by atoms with Gasteiger partial charge in [-0.2, -0.15) is 0 Å². The third kappa shape index (κ3) is 3.86. The normalized spacial score (nSPS) is 17.7. The van der Waals surface area contributed by atoms with E-state index in [1.54, 1.807) is 37.4 Å². The minimum absolute atomic E-state index is 0.311. The van der Waals surface area contributed by atoms with Gasteiger partial charge in [0, 0.05) is 27.7 Å². The van der Waals surface area contributed by atoms with Crippen LogP contribution in [-0.2, 0) is 10.3 Å². The predicted molar refractivity (Wildman–Crippen MR) is 130 cm³/mol. The zero-order chi connectivity index (χ0) is 24.6. The number of carbonyl (C=O) groups is 3. The van der Waals surface area contributed by atoms with Crippen molar-refractivity contribution in [3.05, 3.63) is 82.1 Å². The Morgan fingerprint density at radius 3 is 2.41 bits per heavy atom. The minimum Gasteiger partial charge on any atom is -0.497 e. The SMILES string of the molecule is CC[C@]1(c2cccc(Cl)c2)NC(=O)N(CC(=O)c2cc(C)n(-c3ccc(OC)cc3)c2C)C1=O. The van der Waals surface area contributed by atoms with Gasteiger partial charge in [0.25, 0.3) is 5.91 Å². The third-order valence-corrected chi connectivity index (χ3v) is 6.62. The Morgan fingerprint density at radius 1 is 1.09 bits per heavy atom. The fourth-order valence-corrected chi connectivity index (χ4v) is 4.76. The van der Waals surface area contributed by atoms with Gasteiger partial charge in [-0.3, -0.25) is 14.5 Å². The molecule has 0 spiro atoms. The first-order chi connectivity index (χ1) is 16.2. The van der Waals surface area contributed by atoms with Gasteiger partial charge >= 0.3 is 6.03 Å². The Bertz CT molecular complexity index is 1280. The van der Waals surface area contributed by atoms with Crippen molar-refractivity contribution < 1.29 is 19.1 Å². The average Bonchev–Trinajstić information content (AvgIpc) is 3.26. The van der Waals surface area contributed by atoms with E-state index in [0.29, 0.717) is 22.6 Å². The van der Waals surface area contributed by atoms with Crippen molar-refractivity contribution in [2.75, 3.05) is 13.7 Å². The number of Topliss-reactive ketones (excluding diaryl/α,β-unsaturated/α-hetero) is 1. The molecule has 3 amide bonds. The number of nitrogens with zero attached hydrogens (tertiary/aromatic N) is 2. The topological polar surface area (TPSA) is 80.6 Å². The zero-order valence-electron chi connectivity index (χ0n) is 19.5. The molecular weight excluding hydrogens is 454 g/mol. The summed E-state index contributed by atoms with van der Waals surface area (Å²) in [7, 11) is 1.60. The van der Waals surface area contributed by atoms with E-state index < -0.39 is 17.5 Å². The van der Waals surface area contributed by atoms with Gasteiger partial charge < -0.3 is 14.6 Å². The monoisotopic (exact) mass is 479 g/mol. The number of methoxy groups -OCH3 is 1. The molecule has 1 atom stereocenters. The summed E-state index contributed by atoms with van der Waals surface area (Å²) in [6, 6.07) is 15.6. The maximum absolute atomic E-state index is 13.4. The van der Waals surface area contributed by atoms with Crippen molar-refractivity contribution in [2.45, 2.75) is 32.7 Å². The number of aromatic nitrogens is 1. The number of hydrogen-bond acceptors (Lipinski definition) is 4. The molecule has 3 aromatic rings. The van der Waals surface area contributed by atoms with Crippen molar-refractivity contribution in [3.63, 3.8) is 0 Å². The number of benzene rings is 2. The highest BCUT2D eigenvalue weighted by Gasteiger charge is 2.51. The van der Waals surface area contributed by atoms with Crippen LogP contribution >= 0.6 is 11.6 Å². The molecule has 7 nitrogen and oxygen atoms in total. The van der Waals surface area contributed by atoms with E-state index >= 15 is 0 Å². The van der Waals surface area contributed by atoms with Crippen LogP contribution in [0.5, 0.6) is 5.75 Å². The number of carbonyl (C=O) groups excluding carboxylic acids is 3. The van der Waals surface area contributed by atoms with Crippen LogP contribution in [0.2, 0.25) is 5.02 Å². The van der Waals surface area contributed by atoms with Crippen molar-refractivity contribution in [1.82, 2.24) is 14.8 Å². The number of rotatable bonds is 7. The second-order valence-corrected chi connectivity index (χ2v) is 8.77. The van der Waals surface area contributed by atoms with Crippen molar-refractivity contribution in [1.29, 1.82) is 0 Å². The molecule has 1 fully saturated rings. The van der Waals surface area contributed by atoms with Crippen LogP contribution in [0.4, 0.5) is 4.79 Å². The smallest absolute Gasteiger partial charge is 0.325 e. The molecule has 1 aromatic heterocycles. The molecule has 0 unspecified atom stereocenters. The van der Waals surface area contributed by atoms with E-state index in [4.69, 9.17) is 16.3 Å². The quantitative estimate of drug-likeness (QED) is 0.390. The Kier molecular flexibility index (Phi) is 6.23. The van der Waals surface area contributed by atoms with Crippen LogP contribution in [-0.4, -0.2) is 40.8 Å². The lowest BCUT2D eigenvalue weighted by Crippen LogP contribution is -2.43. The Balaban J connectivity index is 1.62. The Hall–Kier alpha value is -3.58. The first-order valence-electron chi connectivity index (χ1n) is 11.0. The van der Waals surface area contributed by atoms with Gasteiger partial charge in [0.05, 0.1) is 13.7 Å². The van der Waals surface area contributed by atoms with E-state index in [2.05, 4.69) is 5.32 Å². The summed E-state index contributed by atoms with van der Waals surface area (Å²) < 4.78 is 7.18. The maximum atomic E-state index is 13.4. The fraction of sp³-hybridized carbons (Fsp3) is 0.269. The standard InChI is InChI=1S/C26H26ClN3O4/c1-5-26(18-7-6-8-19(27)14-18)24(32)29(25(33)28-26)15-23(31)22-13-16(2)30(17(22)3)20-9-11-21(34-4)12-10-20/h6-14H,5,15H2,1-4H3,(H,28,33)/t26-/m1/s1. The van der Waals surface area contributed by atoms with E-state index in [-0.39, 0.29) is 12.3 Å². The molecule has 2 heterocycles. The number of hydrogen-bond donors (Lipinski definition) is 1. The Labute approximate surface area is 203 Å². The molecule has 0 saturated carbocycles. The number of imide groups is 1. The van der Waals surface area contributed by atoms with Gasteiger partial charge in [0.15, 0.2) is 5.78 Å². The fourth-order valence-electron chi connectivity index (χ4n) is 4.57. The zero-order valence-corrected chi connectivity index (χ0v) is 20.3. The van der Waals surface area contributed by atoms with Crippen molar-refractivity contribution in [2.24, 2.45) is 0 Å². The third-order valence-electron chi connectivity index (χ3n) is 6.39. The number of halogens is 1. The lowest BCUT2D eigenvalue weighted by Gasteiger charge is -2.26. The van der Waals surface area contributed by atoms with Crippen LogP contribution in [0.25, 0.3) is 5.69 Å². The first-order valence-corrected chi connectivity index (χ1v) is 11.4. The second-order valence-electron chi connectivity index (χ2n) is 8.33. The molecule has 1 aliphatic rings. The largest absolute Gasteiger partial charge is 0.497 e. The summed E-state index contributed by atoms with van der Waals surface area (Å²) in [5.74, 6) is -0.0332. The lowest BCUT2D eigenvalue weighted by atomic mass is 9.87. The van der Waals surface area contributed by atoms with E-state index in [9.17, 15) is 14.4 Å². The molecule has 1 N–H and O–H groups in total. The van der Waals surface area contributed by atoms with Crippen LogP contribution < -0.4 is 10.1 Å². The van der Waals surface area contributed by atoms with E-state index in [0.717, 1.165) is 27.7 Å². The van der Waals surface area contributed by atoms with Gasteiger partial charge in [-0.15, -0.1) is 0 Å². The number of ether oxygens (including phenoxy) is 1. The summed E-state index contributed by atoms with van der Waals surface area (Å²) in [4.78, 5) is 40.5. The maximum Gasteiger partial charge on any atom is 0.325 e. The van der Waals surface area contributed by atoms with Crippen LogP contribution in [0.15, 0.2) is 54.6 Å². The number of amides is 3. The molecule has 1 aliphatic heterocycles. The molecule has 8 heteroatoms. The van der Waals surface area contributed by atoms with Gasteiger partial charge in [0.1, 0.15) is 11.3 Å². The Morgan fingerprint density at radius 2 is 1.79 bits per heavy atom. The van der Waals surface area contributed by atoms with E-state index in [1.165, 1.54) is 0 Å². The van der Waals surface area contributed by atoms with Crippen LogP contribution in [0.3, 0.4) is 0 Å². The number of ketones is 1. The highest BCUT2D eigenvalue weighted by molar-refractivity contribution is 6.30. The summed E-state index contributed by atoms with van der Waals surface area (Å²) in [5.41, 5.74) is 2.29. The first kappa shape index (κ1) is 23.6. The molecule has 0 aliphatic carbocycles. The summed E-state index contributed by atoms with van der Waals surface area (Å²) in [5, 5.41) is 3.26. The number of aryl methyl sites for hydroxylation is 1. The molecule has 34 heavy (non-hydrogen) atoms. The molecule has 2 aromatic carbocycles. The van der Waals surface area contributed by atoms with Crippen LogP contribution in [0.1, 0.15) is 40.7 Å². The highest BCUT2D eigenvalue weighted by Crippen LogP contribution is 2.34. The molecule has 4 rings (SSSR count). The molecule has 0 bridgehead atoms. The average molecular weight is 480 g/mol. The molecular formula is C26H26ClN3O4. The van der Waals surface area contributed by atoms with Gasteiger partial charge in [0.2, 0.25) is 0 Å². The predicted octanol–water partition coefficient (Wildman–Crippen LogP) is 4.80. The summed E-state index contributed by atoms with van der Waals surface area (Å²) >= 11 is 6.13. The van der Waals surface area contributed by atoms with E-state index in [1.807, 2.05) is 49.6 Å². The van der Waals surface area contributed by atoms with Gasteiger partial charge in [-0.1, -0.05) is 30.7 Å². The van der Waals surface area contributed by atoms with Crippen LogP contribution in [0, 0.1) is 13.8 Å². The summed E-state index contributed by atoms with van der Waals surface area (Å²) in [6.45, 7) is 5.22. The number of nitrogens with one attached hydrogen (secondary N) is 1. The lowest BCUT2D eigenvalue weighted by molar-refractivity contribution is -0.131. The molecule has 176 valence electrons. The minimum atomic E-state index is -1.25. The van der Waals surface area contributed by atoms with Crippen molar-refractivity contribution in [3.8, 4) is 11.4 Å². The second kappa shape index (κ2) is 8.99. The van der Waals surface area contributed by atoms with Gasteiger partial charge in [-0.25, -0.2) is 4.79 Å². The number of urea groups is 1. The van der Waals surface area contributed by atoms with Crippen molar-refractivity contribution >= 4 is 29.3 Å². The van der Waals surface area contributed by atoms with Gasteiger partial charge in [-0.05, 0) is 68.3 Å².